The molecular formula is C59H113NO10. The fourth-order valence-corrected chi connectivity index (χ4v) is 9.62. The highest BCUT2D eigenvalue weighted by Crippen LogP contribution is 2.23. The first-order chi connectivity index (χ1) is 34.2. The number of unbranched alkanes of at least 4 members (excludes halogenated alkanes) is 35. The summed E-state index contributed by atoms with van der Waals surface area (Å²) in [5.41, 5.74) is 0. The Morgan fingerprint density at radius 3 is 1.26 bits per heavy atom. The Hall–Kier alpha value is -1.41. The number of ether oxygens (including phenoxy) is 2. The average molecular weight is 997 g/mol. The zero-order valence-corrected chi connectivity index (χ0v) is 45.3. The minimum Gasteiger partial charge on any atom is -0.394 e. The number of rotatable bonds is 51. The van der Waals surface area contributed by atoms with Gasteiger partial charge in [0.15, 0.2) is 6.29 Å². The highest BCUT2D eigenvalue weighted by molar-refractivity contribution is 5.80. The van der Waals surface area contributed by atoms with Crippen LogP contribution in [0, 0.1) is 0 Å². The molecule has 1 aliphatic rings. The van der Waals surface area contributed by atoms with Gasteiger partial charge in [-0.3, -0.25) is 4.79 Å². The second-order valence-corrected chi connectivity index (χ2v) is 21.1. The van der Waals surface area contributed by atoms with E-state index in [1.54, 1.807) is 0 Å². The predicted octanol–water partition coefficient (Wildman–Crippen LogP) is 12.5. The monoisotopic (exact) mass is 996 g/mol. The summed E-state index contributed by atoms with van der Waals surface area (Å²) >= 11 is 0. The van der Waals surface area contributed by atoms with Gasteiger partial charge in [-0.1, -0.05) is 256 Å². The van der Waals surface area contributed by atoms with Gasteiger partial charge in [0.1, 0.15) is 36.6 Å². The van der Waals surface area contributed by atoms with Gasteiger partial charge >= 0.3 is 0 Å². The van der Waals surface area contributed by atoms with Crippen LogP contribution in [0.2, 0.25) is 0 Å². The second kappa shape index (κ2) is 48.5. The maximum atomic E-state index is 13.1. The van der Waals surface area contributed by atoms with Gasteiger partial charge in [-0.25, -0.2) is 0 Å². The maximum absolute atomic E-state index is 13.1. The largest absolute Gasteiger partial charge is 0.394 e. The first-order valence-electron chi connectivity index (χ1n) is 29.7. The van der Waals surface area contributed by atoms with Crippen LogP contribution in [0.3, 0.4) is 0 Å². The number of aliphatic hydroxyl groups is 7. The Bertz CT molecular complexity index is 1190. The molecule has 0 radical (unpaired) electrons. The molecule has 9 atom stereocenters. The van der Waals surface area contributed by atoms with Crippen LogP contribution in [0.15, 0.2) is 24.3 Å². The molecule has 1 heterocycles. The maximum Gasteiger partial charge on any atom is 0.249 e. The summed E-state index contributed by atoms with van der Waals surface area (Å²) in [4.78, 5) is 13.1. The zero-order valence-electron chi connectivity index (χ0n) is 45.3. The standard InChI is InChI=1S/C59H113NO10/c1-3-5-7-9-11-13-15-16-17-18-19-20-21-22-23-24-25-26-27-28-29-30-31-32-33-34-35-37-39-41-43-45-47-52(63)58(68)60-50(49-69-59-57(67)56(66)55(65)53(48-61)70-59)54(64)51(62)46-44-42-40-38-36-14-12-10-8-6-4-2/h10,12,38,40,50-57,59,61-67H,3-9,11,13-37,39,41-49H2,1-2H3,(H,60,68)/b12-10+,40-38+. The average Bonchev–Trinajstić information content (AvgIpc) is 3.36. The van der Waals surface area contributed by atoms with Crippen molar-refractivity contribution in [2.75, 3.05) is 13.2 Å². The third-order valence-electron chi connectivity index (χ3n) is 14.5. The van der Waals surface area contributed by atoms with Crippen LogP contribution >= 0.6 is 0 Å². The van der Waals surface area contributed by atoms with Crippen LogP contribution in [-0.4, -0.2) is 110 Å². The molecule has 8 N–H and O–H groups in total. The molecule has 9 unspecified atom stereocenters. The Balaban J connectivity index is 2.16. The molecule has 0 bridgehead atoms. The van der Waals surface area contributed by atoms with Gasteiger partial charge in [0.05, 0.1) is 25.4 Å². The number of allylic oxidation sites excluding steroid dienone is 4. The van der Waals surface area contributed by atoms with Gasteiger partial charge in [-0.15, -0.1) is 0 Å². The lowest BCUT2D eigenvalue weighted by Gasteiger charge is -2.40. The van der Waals surface area contributed by atoms with E-state index in [0.717, 1.165) is 38.5 Å². The minimum atomic E-state index is -1.67. The molecule has 0 spiro atoms. The third-order valence-corrected chi connectivity index (χ3v) is 14.5. The van der Waals surface area contributed by atoms with E-state index in [1.807, 2.05) is 0 Å². The van der Waals surface area contributed by atoms with E-state index >= 15 is 0 Å². The number of aliphatic hydroxyl groups excluding tert-OH is 7. The second-order valence-electron chi connectivity index (χ2n) is 21.1. The highest BCUT2D eigenvalue weighted by Gasteiger charge is 2.44. The molecule has 1 fully saturated rings. The number of carbonyl (C=O) groups is 1. The number of nitrogens with one attached hydrogen (secondary N) is 1. The van der Waals surface area contributed by atoms with Crippen molar-refractivity contribution in [3.05, 3.63) is 24.3 Å². The summed E-state index contributed by atoms with van der Waals surface area (Å²) < 4.78 is 11.1. The number of amides is 1. The van der Waals surface area contributed by atoms with Gasteiger partial charge in [-0.2, -0.15) is 0 Å². The fourth-order valence-electron chi connectivity index (χ4n) is 9.62. The van der Waals surface area contributed by atoms with Gasteiger partial charge in [0, 0.05) is 0 Å². The molecular weight excluding hydrogens is 883 g/mol. The highest BCUT2D eigenvalue weighted by atomic mass is 16.7. The minimum absolute atomic E-state index is 0.247. The lowest BCUT2D eigenvalue weighted by molar-refractivity contribution is -0.303. The third kappa shape index (κ3) is 36.5. The van der Waals surface area contributed by atoms with Gasteiger partial charge in [0.2, 0.25) is 5.91 Å². The molecule has 1 rings (SSSR count). The smallest absolute Gasteiger partial charge is 0.249 e. The normalized spacial score (nSPS) is 20.4. The molecule has 0 aromatic carbocycles. The van der Waals surface area contributed by atoms with E-state index < -0.39 is 74.2 Å². The van der Waals surface area contributed by atoms with Crippen molar-refractivity contribution < 1.29 is 50.0 Å². The van der Waals surface area contributed by atoms with Crippen LogP contribution in [0.4, 0.5) is 0 Å². The topological polar surface area (TPSA) is 189 Å². The van der Waals surface area contributed by atoms with Crippen molar-refractivity contribution in [2.24, 2.45) is 0 Å². The fraction of sp³-hybridized carbons (Fsp3) is 0.915. The number of hydrogen-bond donors (Lipinski definition) is 8. The molecule has 0 saturated carbocycles. The lowest BCUT2D eigenvalue weighted by Crippen LogP contribution is -2.60. The molecule has 1 amide bonds. The van der Waals surface area contributed by atoms with E-state index in [2.05, 4.69) is 43.5 Å². The summed E-state index contributed by atoms with van der Waals surface area (Å²) in [5, 5.41) is 75.8. The van der Waals surface area contributed by atoms with Crippen molar-refractivity contribution >= 4 is 5.91 Å². The van der Waals surface area contributed by atoms with Gasteiger partial charge in [-0.05, 0) is 44.9 Å². The van der Waals surface area contributed by atoms with E-state index in [4.69, 9.17) is 9.47 Å². The Labute approximate surface area is 429 Å². The molecule has 0 aromatic rings. The molecule has 0 aromatic heterocycles. The van der Waals surface area contributed by atoms with Crippen LogP contribution in [0.5, 0.6) is 0 Å². The van der Waals surface area contributed by atoms with E-state index in [-0.39, 0.29) is 12.8 Å². The van der Waals surface area contributed by atoms with Crippen molar-refractivity contribution in [3.63, 3.8) is 0 Å². The number of carbonyl (C=O) groups excluding carboxylic acids is 1. The van der Waals surface area contributed by atoms with Crippen molar-refractivity contribution in [3.8, 4) is 0 Å². The zero-order chi connectivity index (χ0) is 51.1. The Morgan fingerprint density at radius 2 is 0.857 bits per heavy atom. The molecule has 70 heavy (non-hydrogen) atoms. The summed E-state index contributed by atoms with van der Waals surface area (Å²) in [7, 11) is 0. The molecule has 1 aliphatic heterocycles. The molecule has 11 heteroatoms. The molecule has 1 saturated heterocycles. The lowest BCUT2D eigenvalue weighted by atomic mass is 9.98. The molecule has 414 valence electrons. The van der Waals surface area contributed by atoms with Gasteiger partial charge < -0.3 is 50.5 Å². The van der Waals surface area contributed by atoms with E-state index in [9.17, 15) is 40.5 Å². The SMILES string of the molecule is CCCC/C=C/CC/C=C/CCCC(O)C(O)C(COC1OC(CO)C(O)C(O)C1O)NC(=O)C(O)CCCCCCCCCCCCCCCCCCCCCCCCCCCCCCCCCC. The van der Waals surface area contributed by atoms with E-state index in [1.165, 1.54) is 193 Å². The van der Waals surface area contributed by atoms with Crippen LogP contribution < -0.4 is 5.32 Å². The summed E-state index contributed by atoms with van der Waals surface area (Å²) in [6, 6.07) is -1.19. The van der Waals surface area contributed by atoms with Crippen LogP contribution in [0.25, 0.3) is 0 Å². The van der Waals surface area contributed by atoms with Crippen molar-refractivity contribution in [2.45, 2.75) is 332 Å². The summed E-state index contributed by atoms with van der Waals surface area (Å²) in [6.07, 6.45) is 47.1. The summed E-state index contributed by atoms with van der Waals surface area (Å²) in [6.45, 7) is 3.40. The first kappa shape index (κ1) is 66.6. The first-order valence-corrected chi connectivity index (χ1v) is 29.7. The number of hydrogen-bond acceptors (Lipinski definition) is 10. The van der Waals surface area contributed by atoms with Crippen molar-refractivity contribution in [1.29, 1.82) is 0 Å². The van der Waals surface area contributed by atoms with Crippen molar-refractivity contribution in [1.82, 2.24) is 5.32 Å². The Kier molecular flexibility index (Phi) is 46.2. The molecule has 11 nitrogen and oxygen atoms in total. The quantitative estimate of drug-likeness (QED) is 0.0215. The molecule has 0 aliphatic carbocycles. The summed E-state index contributed by atoms with van der Waals surface area (Å²) in [5.74, 6) is -0.707. The predicted molar refractivity (Wildman–Crippen MR) is 289 cm³/mol. The Morgan fingerprint density at radius 1 is 0.486 bits per heavy atom. The van der Waals surface area contributed by atoms with Crippen LogP contribution in [0.1, 0.15) is 277 Å². The van der Waals surface area contributed by atoms with Gasteiger partial charge in [0.25, 0.3) is 0 Å². The van der Waals surface area contributed by atoms with Crippen LogP contribution in [-0.2, 0) is 14.3 Å². The van der Waals surface area contributed by atoms with E-state index in [0.29, 0.717) is 19.3 Å².